The average Bonchev–Trinajstić information content (AvgIpc) is 3.15. The first-order chi connectivity index (χ1) is 13.7. The Morgan fingerprint density at radius 1 is 0.857 bits per heavy atom. The van der Waals surface area contributed by atoms with Gasteiger partial charge in [0.25, 0.3) is 0 Å². The molecule has 0 saturated carbocycles. The van der Waals surface area contributed by atoms with Gasteiger partial charge in [-0.3, -0.25) is 0 Å². The van der Waals surface area contributed by atoms with Gasteiger partial charge < -0.3 is 18.9 Å². The summed E-state index contributed by atoms with van der Waals surface area (Å²) in [6.07, 6.45) is 2.18. The van der Waals surface area contributed by atoms with Crippen molar-refractivity contribution in [2.24, 2.45) is 0 Å². The fourth-order valence-corrected chi connectivity index (χ4v) is 3.43. The fraction of sp³-hybridized carbons (Fsp3) is 0.333. The molecule has 0 aliphatic carbocycles. The van der Waals surface area contributed by atoms with Crippen LogP contribution in [0.2, 0.25) is 0 Å². The largest absolute Gasteiger partial charge is 0.497 e. The van der Waals surface area contributed by atoms with Crippen LogP contribution in [0.4, 0.5) is 0 Å². The first-order valence-corrected chi connectivity index (χ1v) is 9.83. The first-order valence-electron chi connectivity index (χ1n) is 9.83. The topological polar surface area (TPSA) is 27.8 Å². The van der Waals surface area contributed by atoms with E-state index in [2.05, 4.69) is 66.2 Å². The molecule has 28 heavy (non-hydrogen) atoms. The molecule has 1 N–H and O–H groups in total. The monoisotopic (exact) mass is 379 g/mol. The fourth-order valence-electron chi connectivity index (χ4n) is 3.43. The zero-order chi connectivity index (χ0) is 19.8. The molecule has 3 rings (SSSR count). The molecule has 1 heterocycles. The van der Waals surface area contributed by atoms with Gasteiger partial charge in [0.15, 0.2) is 0 Å². The van der Waals surface area contributed by atoms with Crippen LogP contribution in [0.1, 0.15) is 22.4 Å². The second-order valence-corrected chi connectivity index (χ2v) is 7.31. The number of nitrogens with one attached hydrogen (secondary N) is 1. The molecular formula is C24H31N2O2+. The van der Waals surface area contributed by atoms with E-state index in [4.69, 9.17) is 9.47 Å². The second kappa shape index (κ2) is 10.1. The summed E-state index contributed by atoms with van der Waals surface area (Å²) in [7, 11) is 3.47. The predicted octanol–water partition coefficient (Wildman–Crippen LogP) is 3.08. The zero-order valence-electron chi connectivity index (χ0n) is 17.2. The Kier molecular flexibility index (Phi) is 7.29. The van der Waals surface area contributed by atoms with Crippen LogP contribution in [-0.2, 0) is 24.4 Å². The summed E-state index contributed by atoms with van der Waals surface area (Å²) >= 11 is 0. The van der Waals surface area contributed by atoms with Gasteiger partial charge in [-0.1, -0.05) is 29.8 Å². The molecule has 1 aromatic heterocycles. The number of hydrogen-bond acceptors (Lipinski definition) is 2. The van der Waals surface area contributed by atoms with Crippen molar-refractivity contribution in [2.75, 3.05) is 27.4 Å². The highest BCUT2D eigenvalue weighted by Crippen LogP contribution is 2.11. The molecule has 1 unspecified atom stereocenters. The van der Waals surface area contributed by atoms with E-state index in [9.17, 15) is 0 Å². The van der Waals surface area contributed by atoms with Crippen LogP contribution in [0, 0.1) is 6.92 Å². The standard InChI is InChI=1S/C24H30N2O2/c1-20-6-8-22(9-7-20)18-26-14-4-5-23(26)19-25(15-16-27-2)17-21-10-12-24(28-3)13-11-21/h4-14H,15-19H2,1-3H3/p+1. The van der Waals surface area contributed by atoms with Gasteiger partial charge in [-0.15, -0.1) is 0 Å². The molecule has 0 bridgehead atoms. The minimum Gasteiger partial charge on any atom is -0.497 e. The lowest BCUT2D eigenvalue weighted by atomic mass is 10.1. The molecular weight excluding hydrogens is 348 g/mol. The van der Waals surface area contributed by atoms with Crippen molar-refractivity contribution in [3.05, 3.63) is 89.2 Å². The summed E-state index contributed by atoms with van der Waals surface area (Å²) in [5.41, 5.74) is 5.28. The number of aromatic nitrogens is 1. The molecule has 3 aromatic rings. The summed E-state index contributed by atoms with van der Waals surface area (Å²) in [4.78, 5) is 1.48. The van der Waals surface area contributed by atoms with E-state index in [-0.39, 0.29) is 0 Å². The van der Waals surface area contributed by atoms with Gasteiger partial charge in [-0.05, 0) is 48.9 Å². The van der Waals surface area contributed by atoms with E-state index in [1.54, 1.807) is 14.2 Å². The molecule has 0 spiro atoms. The molecule has 0 radical (unpaired) electrons. The number of rotatable bonds is 10. The first kappa shape index (κ1) is 20.2. The maximum absolute atomic E-state index is 5.36. The minimum atomic E-state index is 0.754. The van der Waals surface area contributed by atoms with E-state index < -0.39 is 0 Å². The third kappa shape index (κ3) is 5.72. The van der Waals surface area contributed by atoms with Crippen molar-refractivity contribution in [3.63, 3.8) is 0 Å². The number of ether oxygens (including phenoxy) is 2. The number of methoxy groups -OCH3 is 2. The number of benzene rings is 2. The van der Waals surface area contributed by atoms with Gasteiger partial charge in [0, 0.05) is 25.4 Å². The van der Waals surface area contributed by atoms with Gasteiger partial charge in [0.1, 0.15) is 25.4 Å². The normalized spacial score (nSPS) is 12.1. The van der Waals surface area contributed by atoms with E-state index in [0.29, 0.717) is 0 Å². The molecule has 0 amide bonds. The Bertz CT molecular complexity index is 838. The molecule has 4 heteroatoms. The lowest BCUT2D eigenvalue weighted by Crippen LogP contribution is -3.10. The van der Waals surface area contributed by atoms with E-state index in [0.717, 1.165) is 38.5 Å². The molecule has 148 valence electrons. The summed E-state index contributed by atoms with van der Waals surface area (Å²) < 4.78 is 13.0. The van der Waals surface area contributed by atoms with E-state index in [1.165, 1.54) is 27.3 Å². The molecule has 2 aromatic carbocycles. The van der Waals surface area contributed by atoms with Crippen molar-refractivity contribution >= 4 is 0 Å². The van der Waals surface area contributed by atoms with Crippen molar-refractivity contribution in [1.29, 1.82) is 0 Å². The summed E-state index contributed by atoms with van der Waals surface area (Å²) in [5, 5.41) is 0. The van der Waals surface area contributed by atoms with Crippen LogP contribution in [-0.4, -0.2) is 31.9 Å². The SMILES string of the molecule is COCC[NH+](Cc1ccc(OC)cc1)Cc1cccn1Cc1ccc(C)cc1. The summed E-state index contributed by atoms with van der Waals surface area (Å²) in [6.45, 7) is 6.68. The Hall–Kier alpha value is -2.56. The average molecular weight is 380 g/mol. The van der Waals surface area contributed by atoms with Crippen molar-refractivity contribution < 1.29 is 14.4 Å². The number of quaternary nitrogens is 1. The van der Waals surface area contributed by atoms with Crippen LogP contribution in [0.5, 0.6) is 5.75 Å². The van der Waals surface area contributed by atoms with Crippen LogP contribution in [0.25, 0.3) is 0 Å². The molecule has 0 aliphatic rings. The van der Waals surface area contributed by atoms with Crippen molar-refractivity contribution in [2.45, 2.75) is 26.6 Å². The Morgan fingerprint density at radius 2 is 1.57 bits per heavy atom. The van der Waals surface area contributed by atoms with Gasteiger partial charge in [0.2, 0.25) is 0 Å². The lowest BCUT2D eigenvalue weighted by Gasteiger charge is -2.21. The lowest BCUT2D eigenvalue weighted by molar-refractivity contribution is -0.928. The summed E-state index contributed by atoms with van der Waals surface area (Å²) in [5.74, 6) is 0.897. The Morgan fingerprint density at radius 3 is 2.25 bits per heavy atom. The smallest absolute Gasteiger partial charge is 0.118 e. The van der Waals surface area contributed by atoms with E-state index in [1.807, 2.05) is 12.1 Å². The van der Waals surface area contributed by atoms with Crippen LogP contribution in [0.3, 0.4) is 0 Å². The maximum atomic E-state index is 5.36. The molecule has 1 atom stereocenters. The number of hydrogen-bond donors (Lipinski definition) is 1. The second-order valence-electron chi connectivity index (χ2n) is 7.31. The summed E-state index contributed by atoms with van der Waals surface area (Å²) in [6, 6.07) is 21.5. The van der Waals surface area contributed by atoms with Crippen molar-refractivity contribution in [1.82, 2.24) is 4.57 Å². The highest BCUT2D eigenvalue weighted by atomic mass is 16.5. The maximum Gasteiger partial charge on any atom is 0.118 e. The molecule has 0 aliphatic heterocycles. The third-order valence-electron chi connectivity index (χ3n) is 5.10. The highest BCUT2D eigenvalue weighted by Gasteiger charge is 2.14. The number of aryl methyl sites for hydroxylation is 1. The van der Waals surface area contributed by atoms with Crippen LogP contribution < -0.4 is 9.64 Å². The number of nitrogens with zero attached hydrogens (tertiary/aromatic N) is 1. The van der Waals surface area contributed by atoms with Gasteiger partial charge >= 0.3 is 0 Å². The Labute approximate surface area is 168 Å². The predicted molar refractivity (Wildman–Crippen MR) is 113 cm³/mol. The van der Waals surface area contributed by atoms with Crippen LogP contribution in [0.15, 0.2) is 66.9 Å². The van der Waals surface area contributed by atoms with Gasteiger partial charge in [0.05, 0.1) is 19.4 Å². The Balaban J connectivity index is 1.70. The van der Waals surface area contributed by atoms with E-state index >= 15 is 0 Å². The van der Waals surface area contributed by atoms with Crippen LogP contribution >= 0.6 is 0 Å². The quantitative estimate of drug-likeness (QED) is 0.586. The molecule has 4 nitrogen and oxygen atoms in total. The highest BCUT2D eigenvalue weighted by molar-refractivity contribution is 5.26. The minimum absolute atomic E-state index is 0.754. The third-order valence-corrected chi connectivity index (χ3v) is 5.10. The van der Waals surface area contributed by atoms with Gasteiger partial charge in [-0.2, -0.15) is 0 Å². The molecule has 0 saturated heterocycles. The molecule has 0 fully saturated rings. The van der Waals surface area contributed by atoms with Crippen molar-refractivity contribution in [3.8, 4) is 5.75 Å². The zero-order valence-corrected chi connectivity index (χ0v) is 17.2. The van der Waals surface area contributed by atoms with Gasteiger partial charge in [-0.25, -0.2) is 0 Å².